The minimum atomic E-state index is -1.42. The summed E-state index contributed by atoms with van der Waals surface area (Å²) >= 11 is 0. The fraction of sp³-hybridized carbons (Fsp3) is 0.200. The Balaban J connectivity index is 3.29. The second-order valence-corrected chi connectivity index (χ2v) is 1.72. The number of aromatic nitrogens is 2. The van der Waals surface area contributed by atoms with Crippen LogP contribution < -0.4 is 5.32 Å². The fourth-order valence-corrected chi connectivity index (χ4v) is 0.588. The maximum Gasteiger partial charge on any atom is 0.271 e. The quantitative estimate of drug-likeness (QED) is 0.669. The molecule has 0 atom stereocenters. The highest BCUT2D eigenvalue weighted by molar-refractivity contribution is 5.41. The van der Waals surface area contributed by atoms with Crippen LogP contribution in [0.1, 0.15) is 0 Å². The molecule has 0 spiro atoms. The zero-order chi connectivity index (χ0) is 8.43. The summed E-state index contributed by atoms with van der Waals surface area (Å²) in [4.78, 5) is 0. The third-order valence-electron chi connectivity index (χ3n) is 1.08. The molecule has 1 N–H and O–H groups in total. The zero-order valence-corrected chi connectivity index (χ0v) is 5.53. The van der Waals surface area contributed by atoms with Crippen LogP contribution in [0.2, 0.25) is 0 Å². The van der Waals surface area contributed by atoms with Crippen molar-refractivity contribution in [2.75, 3.05) is 12.4 Å². The molecule has 1 heterocycles. The van der Waals surface area contributed by atoms with Gasteiger partial charge in [0.05, 0.1) is 0 Å². The van der Waals surface area contributed by atoms with Crippen molar-refractivity contribution in [3.8, 4) is 0 Å². The van der Waals surface area contributed by atoms with E-state index >= 15 is 0 Å². The van der Waals surface area contributed by atoms with Gasteiger partial charge in [0.2, 0.25) is 5.82 Å². The maximum absolute atomic E-state index is 12.5. The van der Waals surface area contributed by atoms with E-state index in [0.717, 1.165) is 0 Å². The van der Waals surface area contributed by atoms with Crippen LogP contribution in [0.5, 0.6) is 0 Å². The molecule has 0 aliphatic carbocycles. The van der Waals surface area contributed by atoms with Crippen LogP contribution in [-0.4, -0.2) is 17.2 Å². The molecule has 0 aromatic carbocycles. The Morgan fingerprint density at radius 3 is 2.09 bits per heavy atom. The predicted molar refractivity (Wildman–Crippen MR) is 31.5 cm³/mol. The maximum atomic E-state index is 12.5. The molecule has 0 unspecified atom stereocenters. The molecule has 1 aromatic rings. The van der Waals surface area contributed by atoms with Crippen LogP contribution in [0.15, 0.2) is 0 Å². The Labute approximate surface area is 60.3 Å². The number of anilines is 1. The first-order valence-electron chi connectivity index (χ1n) is 2.71. The van der Waals surface area contributed by atoms with E-state index in [4.69, 9.17) is 0 Å². The van der Waals surface area contributed by atoms with E-state index in [0.29, 0.717) is 0 Å². The van der Waals surface area contributed by atoms with Crippen molar-refractivity contribution in [2.24, 2.45) is 0 Å². The number of hydrogen-bond acceptors (Lipinski definition) is 3. The van der Waals surface area contributed by atoms with E-state index in [1.165, 1.54) is 7.05 Å². The highest BCUT2D eigenvalue weighted by Gasteiger charge is 2.14. The summed E-state index contributed by atoms with van der Waals surface area (Å²) in [5.41, 5.74) is -0.613. The first kappa shape index (κ1) is 7.77. The molecular formula is C5H4F3N3. The van der Waals surface area contributed by atoms with E-state index in [-0.39, 0.29) is 0 Å². The highest BCUT2D eigenvalue weighted by Crippen LogP contribution is 2.15. The van der Waals surface area contributed by atoms with Crippen LogP contribution in [0.25, 0.3) is 0 Å². The second-order valence-electron chi connectivity index (χ2n) is 1.72. The smallest absolute Gasteiger partial charge is 0.271 e. The molecule has 1 aromatic heterocycles. The average Bonchev–Trinajstić information content (AvgIpc) is 1.99. The second kappa shape index (κ2) is 2.73. The number of nitrogens with one attached hydrogen (secondary N) is 1. The van der Waals surface area contributed by atoms with Gasteiger partial charge in [-0.25, -0.2) is 0 Å². The van der Waals surface area contributed by atoms with Gasteiger partial charge < -0.3 is 5.32 Å². The molecule has 1 rings (SSSR count). The Morgan fingerprint density at radius 1 is 1.09 bits per heavy atom. The van der Waals surface area contributed by atoms with Gasteiger partial charge in [-0.15, -0.1) is 10.2 Å². The largest absolute Gasteiger partial charge is 0.382 e. The lowest BCUT2D eigenvalue weighted by atomic mass is 10.4. The lowest BCUT2D eigenvalue weighted by molar-refractivity contribution is 0.440. The molecule has 0 aliphatic rings. The van der Waals surface area contributed by atoms with Gasteiger partial charge in [-0.1, -0.05) is 0 Å². The Bertz CT molecular complexity index is 276. The zero-order valence-electron chi connectivity index (χ0n) is 5.53. The van der Waals surface area contributed by atoms with Crippen LogP contribution in [0, 0.1) is 17.7 Å². The predicted octanol–water partition coefficient (Wildman–Crippen LogP) is 0.936. The highest BCUT2D eigenvalue weighted by atomic mass is 19.2. The Morgan fingerprint density at radius 2 is 1.64 bits per heavy atom. The topological polar surface area (TPSA) is 37.8 Å². The van der Waals surface area contributed by atoms with E-state index in [1.807, 2.05) is 0 Å². The summed E-state index contributed by atoms with van der Waals surface area (Å²) in [6, 6.07) is 0. The Hall–Kier alpha value is -1.33. The summed E-state index contributed by atoms with van der Waals surface area (Å²) in [5, 5.41) is 7.41. The lowest BCUT2D eigenvalue weighted by Gasteiger charge is -2.00. The van der Waals surface area contributed by atoms with E-state index in [9.17, 15) is 13.2 Å². The van der Waals surface area contributed by atoms with E-state index in [2.05, 4.69) is 15.5 Å². The molecule has 0 aliphatic heterocycles. The van der Waals surface area contributed by atoms with Crippen LogP contribution in [0.3, 0.4) is 0 Å². The molecule has 0 fully saturated rings. The van der Waals surface area contributed by atoms with Crippen molar-refractivity contribution in [2.45, 2.75) is 0 Å². The monoisotopic (exact) mass is 163 g/mol. The van der Waals surface area contributed by atoms with E-state index < -0.39 is 23.4 Å². The minimum absolute atomic E-state index is 0.613. The normalized spacial score (nSPS) is 9.82. The SMILES string of the molecule is CNc1c(F)nnc(F)c1F. The molecule has 11 heavy (non-hydrogen) atoms. The van der Waals surface area contributed by atoms with Gasteiger partial charge in [-0.2, -0.15) is 13.2 Å². The fourth-order valence-electron chi connectivity index (χ4n) is 0.588. The van der Waals surface area contributed by atoms with Gasteiger partial charge in [-0.3, -0.25) is 0 Å². The molecule has 60 valence electrons. The number of nitrogens with zero attached hydrogens (tertiary/aromatic N) is 2. The van der Waals surface area contributed by atoms with Crippen LogP contribution in [0.4, 0.5) is 18.9 Å². The molecule has 6 heteroatoms. The summed E-state index contributed by atoms with van der Waals surface area (Å²) in [6.45, 7) is 0. The standard InChI is InChI=1S/C5H4F3N3/c1-9-3-2(6)4(7)10-11-5(3)8/h1H3,(H,9,10). The van der Waals surface area contributed by atoms with Crippen LogP contribution in [-0.2, 0) is 0 Å². The molecule has 3 nitrogen and oxygen atoms in total. The van der Waals surface area contributed by atoms with Gasteiger partial charge in [0.25, 0.3) is 11.9 Å². The van der Waals surface area contributed by atoms with Crippen molar-refractivity contribution >= 4 is 5.69 Å². The summed E-state index contributed by atoms with van der Waals surface area (Å²) in [5.74, 6) is -3.94. The van der Waals surface area contributed by atoms with Crippen molar-refractivity contribution < 1.29 is 13.2 Å². The third kappa shape index (κ3) is 1.24. The number of halogens is 3. The third-order valence-corrected chi connectivity index (χ3v) is 1.08. The summed E-state index contributed by atoms with van der Waals surface area (Å²) in [7, 11) is 1.25. The number of rotatable bonds is 1. The molecule has 0 amide bonds. The van der Waals surface area contributed by atoms with Crippen molar-refractivity contribution in [3.05, 3.63) is 17.7 Å². The molecular weight excluding hydrogens is 159 g/mol. The average molecular weight is 163 g/mol. The van der Waals surface area contributed by atoms with Crippen molar-refractivity contribution in [3.63, 3.8) is 0 Å². The van der Waals surface area contributed by atoms with Crippen LogP contribution >= 0.6 is 0 Å². The minimum Gasteiger partial charge on any atom is -0.382 e. The van der Waals surface area contributed by atoms with Gasteiger partial charge >= 0.3 is 0 Å². The van der Waals surface area contributed by atoms with E-state index in [1.54, 1.807) is 0 Å². The van der Waals surface area contributed by atoms with Gasteiger partial charge in [0.1, 0.15) is 5.69 Å². The molecule has 0 bridgehead atoms. The van der Waals surface area contributed by atoms with Gasteiger partial charge in [0, 0.05) is 7.05 Å². The van der Waals surface area contributed by atoms with Gasteiger partial charge in [0.15, 0.2) is 0 Å². The van der Waals surface area contributed by atoms with Gasteiger partial charge in [-0.05, 0) is 0 Å². The van der Waals surface area contributed by atoms with Crippen molar-refractivity contribution in [1.29, 1.82) is 0 Å². The first-order valence-corrected chi connectivity index (χ1v) is 2.71. The number of hydrogen-bond donors (Lipinski definition) is 1. The Kier molecular flexibility index (Phi) is 1.93. The summed E-state index contributed by atoms with van der Waals surface area (Å²) < 4.78 is 37.1. The lowest BCUT2D eigenvalue weighted by Crippen LogP contribution is -2.04. The van der Waals surface area contributed by atoms with Crippen molar-refractivity contribution in [1.82, 2.24) is 10.2 Å². The molecule has 0 radical (unpaired) electrons. The molecule has 0 saturated carbocycles. The first-order chi connectivity index (χ1) is 5.16. The summed E-state index contributed by atoms with van der Waals surface area (Å²) in [6.07, 6.45) is 0. The molecule has 0 saturated heterocycles.